The molecule has 5 nitrogen and oxygen atoms in total. The first-order valence-electron chi connectivity index (χ1n) is 10.8. The summed E-state index contributed by atoms with van der Waals surface area (Å²) in [6, 6.07) is 25.4. The van der Waals surface area contributed by atoms with Crippen molar-refractivity contribution in [1.29, 1.82) is 0 Å². The number of likely N-dealkylation sites (tertiary alicyclic amines) is 1. The molecule has 1 amide bonds. The second-order valence-electron chi connectivity index (χ2n) is 8.30. The Morgan fingerprint density at radius 2 is 1.34 bits per heavy atom. The molecule has 2 heterocycles. The molecule has 0 atom stereocenters. The number of hydrogen-bond acceptors (Lipinski definition) is 4. The van der Waals surface area contributed by atoms with Crippen molar-refractivity contribution >= 4 is 35.0 Å². The number of carbonyl (C=O) groups is 2. The average molecular weight is 445 g/mol. The van der Waals surface area contributed by atoms with E-state index in [4.69, 9.17) is 0 Å². The molecule has 0 aromatic heterocycles. The summed E-state index contributed by atoms with van der Waals surface area (Å²) in [5.41, 5.74) is 1.76. The molecular formula is C26H24N2O3S. The average Bonchev–Trinajstić information content (AvgIpc) is 2.83. The van der Waals surface area contributed by atoms with Crippen LogP contribution in [-0.2, 0) is 15.0 Å². The highest BCUT2D eigenvalue weighted by Crippen LogP contribution is 2.48. The maximum absolute atomic E-state index is 13.5. The largest absolute Gasteiger partial charge is 0.481 e. The molecule has 32 heavy (non-hydrogen) atoms. The zero-order chi connectivity index (χ0) is 22.1. The van der Waals surface area contributed by atoms with Gasteiger partial charge in [0.05, 0.1) is 23.3 Å². The molecule has 1 saturated heterocycles. The second-order valence-corrected chi connectivity index (χ2v) is 9.38. The van der Waals surface area contributed by atoms with Gasteiger partial charge < -0.3 is 5.11 Å². The Bertz CT molecular complexity index is 1110. The van der Waals surface area contributed by atoms with Gasteiger partial charge in [0.2, 0.25) is 5.91 Å². The van der Waals surface area contributed by atoms with Crippen LogP contribution in [-0.4, -0.2) is 41.5 Å². The van der Waals surface area contributed by atoms with Crippen molar-refractivity contribution in [1.82, 2.24) is 4.90 Å². The summed E-state index contributed by atoms with van der Waals surface area (Å²) in [4.78, 5) is 31.8. The van der Waals surface area contributed by atoms with E-state index in [0.29, 0.717) is 25.9 Å². The Kier molecular flexibility index (Phi) is 5.49. The zero-order valence-electron chi connectivity index (χ0n) is 17.6. The first-order chi connectivity index (χ1) is 15.6. The lowest BCUT2D eigenvalue weighted by Gasteiger charge is -2.40. The summed E-state index contributed by atoms with van der Waals surface area (Å²) in [5, 5.41) is 10.0. The predicted octanol–water partition coefficient (Wildman–Crippen LogP) is 4.93. The highest BCUT2D eigenvalue weighted by atomic mass is 32.2. The number of hydrogen-bond donors (Lipinski definition) is 1. The molecule has 0 saturated carbocycles. The highest BCUT2D eigenvalue weighted by Gasteiger charge is 2.43. The Hall–Kier alpha value is -3.09. The molecule has 162 valence electrons. The van der Waals surface area contributed by atoms with E-state index in [9.17, 15) is 14.7 Å². The lowest BCUT2D eigenvalue weighted by molar-refractivity contribution is -0.146. The van der Waals surface area contributed by atoms with E-state index in [1.54, 1.807) is 11.8 Å². The van der Waals surface area contributed by atoms with Crippen LogP contribution in [0.15, 0.2) is 88.7 Å². The van der Waals surface area contributed by atoms with E-state index in [-0.39, 0.29) is 12.5 Å². The number of piperidine rings is 1. The van der Waals surface area contributed by atoms with Crippen LogP contribution in [0.1, 0.15) is 18.4 Å². The van der Waals surface area contributed by atoms with E-state index in [0.717, 1.165) is 26.7 Å². The lowest BCUT2D eigenvalue weighted by atomic mass is 9.73. The van der Waals surface area contributed by atoms with Crippen molar-refractivity contribution in [2.75, 3.05) is 24.5 Å². The monoisotopic (exact) mass is 444 g/mol. The van der Waals surface area contributed by atoms with E-state index in [1.165, 1.54) is 0 Å². The van der Waals surface area contributed by atoms with Gasteiger partial charge in [-0.25, -0.2) is 0 Å². The van der Waals surface area contributed by atoms with Gasteiger partial charge in [-0.2, -0.15) is 0 Å². The SMILES string of the molecule is O=C(CN1CCC(C(=O)O)(c2ccccc2)CC1)N1c2ccccc2Sc2ccccc21. The lowest BCUT2D eigenvalue weighted by Crippen LogP contribution is -2.49. The van der Waals surface area contributed by atoms with Crippen LogP contribution in [0.4, 0.5) is 11.4 Å². The molecule has 0 spiro atoms. The zero-order valence-corrected chi connectivity index (χ0v) is 18.4. The third-order valence-corrected chi connectivity index (χ3v) is 7.62. The molecule has 1 fully saturated rings. The van der Waals surface area contributed by atoms with Gasteiger partial charge in [0.1, 0.15) is 0 Å². The maximum atomic E-state index is 13.5. The van der Waals surface area contributed by atoms with Crippen LogP contribution >= 0.6 is 11.8 Å². The first-order valence-corrected chi connectivity index (χ1v) is 11.6. The number of anilines is 2. The van der Waals surface area contributed by atoms with Crippen LogP contribution in [0.25, 0.3) is 0 Å². The number of fused-ring (bicyclic) bond motifs is 2. The van der Waals surface area contributed by atoms with Crippen molar-refractivity contribution in [3.8, 4) is 0 Å². The smallest absolute Gasteiger partial charge is 0.314 e. The number of nitrogens with zero attached hydrogens (tertiary/aromatic N) is 2. The number of carbonyl (C=O) groups excluding carboxylic acids is 1. The van der Waals surface area contributed by atoms with Crippen LogP contribution in [0.2, 0.25) is 0 Å². The van der Waals surface area contributed by atoms with E-state index >= 15 is 0 Å². The van der Waals surface area contributed by atoms with Gasteiger partial charge in [-0.05, 0) is 42.7 Å². The minimum Gasteiger partial charge on any atom is -0.481 e. The summed E-state index contributed by atoms with van der Waals surface area (Å²) in [5.74, 6) is -0.779. The van der Waals surface area contributed by atoms with E-state index in [1.807, 2.05) is 83.8 Å². The summed E-state index contributed by atoms with van der Waals surface area (Å²) in [6.07, 6.45) is 0.977. The number of benzene rings is 3. The van der Waals surface area contributed by atoms with Crippen LogP contribution < -0.4 is 4.90 Å². The van der Waals surface area contributed by atoms with Crippen molar-refractivity contribution in [2.24, 2.45) is 0 Å². The van der Waals surface area contributed by atoms with Gasteiger partial charge in [0, 0.05) is 22.9 Å². The van der Waals surface area contributed by atoms with Crippen LogP contribution in [0, 0.1) is 0 Å². The van der Waals surface area contributed by atoms with Crippen LogP contribution in [0.5, 0.6) is 0 Å². The number of aliphatic carboxylic acids is 1. The molecule has 3 aromatic carbocycles. The maximum Gasteiger partial charge on any atom is 0.314 e. The van der Waals surface area contributed by atoms with Gasteiger partial charge in [-0.1, -0.05) is 66.4 Å². The van der Waals surface area contributed by atoms with Crippen molar-refractivity contribution in [3.63, 3.8) is 0 Å². The molecule has 0 bridgehead atoms. The molecule has 3 aromatic rings. The standard InChI is InChI=1S/C26H24N2O3S/c29-24(28-20-10-4-6-12-22(20)32-23-13-7-5-11-21(23)28)18-27-16-14-26(15-17-27,25(30)31)19-8-2-1-3-9-19/h1-13H,14-18H2,(H,30,31). The topological polar surface area (TPSA) is 60.9 Å². The molecule has 2 aliphatic heterocycles. The minimum atomic E-state index is -0.887. The highest BCUT2D eigenvalue weighted by molar-refractivity contribution is 7.99. The van der Waals surface area contributed by atoms with Crippen molar-refractivity contribution < 1.29 is 14.7 Å². The molecule has 0 aliphatic carbocycles. The van der Waals surface area contributed by atoms with Gasteiger partial charge in [-0.15, -0.1) is 0 Å². The molecule has 0 unspecified atom stereocenters. The Morgan fingerprint density at radius 3 is 1.91 bits per heavy atom. The Labute approximate surface area is 191 Å². The predicted molar refractivity (Wildman–Crippen MR) is 126 cm³/mol. The summed E-state index contributed by atoms with van der Waals surface area (Å²) in [6.45, 7) is 1.40. The fourth-order valence-corrected chi connectivity index (χ4v) is 5.77. The van der Waals surface area contributed by atoms with Gasteiger partial charge in [0.25, 0.3) is 0 Å². The molecule has 6 heteroatoms. The number of amides is 1. The summed E-state index contributed by atoms with van der Waals surface area (Å²) < 4.78 is 0. The summed E-state index contributed by atoms with van der Waals surface area (Å²) in [7, 11) is 0. The Morgan fingerprint density at radius 1 is 0.812 bits per heavy atom. The third-order valence-electron chi connectivity index (χ3n) is 6.49. The van der Waals surface area contributed by atoms with E-state index < -0.39 is 11.4 Å². The van der Waals surface area contributed by atoms with Crippen LogP contribution in [0.3, 0.4) is 0 Å². The normalized spacial score (nSPS) is 17.3. The number of carboxylic acids is 1. The molecule has 5 rings (SSSR count). The number of para-hydroxylation sites is 2. The van der Waals surface area contributed by atoms with Crippen molar-refractivity contribution in [2.45, 2.75) is 28.0 Å². The van der Waals surface area contributed by atoms with Crippen molar-refractivity contribution in [3.05, 3.63) is 84.4 Å². The fraction of sp³-hybridized carbons (Fsp3) is 0.231. The van der Waals surface area contributed by atoms with Gasteiger partial charge >= 0.3 is 5.97 Å². The molecular weight excluding hydrogens is 420 g/mol. The number of rotatable bonds is 4. The molecule has 0 radical (unpaired) electrons. The first kappa shape index (κ1) is 20.8. The second kappa shape index (κ2) is 8.45. The fourth-order valence-electron chi connectivity index (χ4n) is 4.71. The van der Waals surface area contributed by atoms with Gasteiger partial charge in [-0.3, -0.25) is 19.4 Å². The minimum absolute atomic E-state index is 0.00716. The molecule has 1 N–H and O–H groups in total. The summed E-state index contributed by atoms with van der Waals surface area (Å²) >= 11 is 1.68. The van der Waals surface area contributed by atoms with Gasteiger partial charge in [0.15, 0.2) is 0 Å². The number of carboxylic acid groups (broad SMARTS) is 1. The Balaban J connectivity index is 1.36. The third kappa shape index (κ3) is 3.59. The van der Waals surface area contributed by atoms with E-state index in [2.05, 4.69) is 4.90 Å². The quantitative estimate of drug-likeness (QED) is 0.618. The molecule has 2 aliphatic rings.